The van der Waals surface area contributed by atoms with Crippen molar-refractivity contribution in [2.75, 3.05) is 0 Å². The molecule has 0 unspecified atom stereocenters. The molecule has 0 aliphatic carbocycles. The molecule has 0 atom stereocenters. The predicted molar refractivity (Wildman–Crippen MR) is 57.3 cm³/mol. The monoisotopic (exact) mass is 277 g/mol. The van der Waals surface area contributed by atoms with Crippen LogP contribution >= 0.6 is 11.6 Å². The first-order valence-corrected chi connectivity index (χ1v) is 5.19. The SMILES string of the molecule is OCc1c(C(F)(F)F)nn(-c2ccccn2)c1Cl. The lowest BCUT2D eigenvalue weighted by atomic mass is 10.2. The smallest absolute Gasteiger partial charge is 0.391 e. The summed E-state index contributed by atoms with van der Waals surface area (Å²) >= 11 is 5.77. The van der Waals surface area contributed by atoms with E-state index in [-0.39, 0.29) is 11.0 Å². The Morgan fingerprint density at radius 3 is 2.50 bits per heavy atom. The number of hydrogen-bond donors (Lipinski definition) is 1. The van der Waals surface area contributed by atoms with E-state index in [9.17, 15) is 13.2 Å². The van der Waals surface area contributed by atoms with Gasteiger partial charge in [-0.2, -0.15) is 18.3 Å². The van der Waals surface area contributed by atoms with Crippen LogP contribution in [-0.2, 0) is 12.8 Å². The second kappa shape index (κ2) is 4.58. The van der Waals surface area contributed by atoms with E-state index in [2.05, 4.69) is 10.1 Å². The van der Waals surface area contributed by atoms with Crippen LogP contribution < -0.4 is 0 Å². The maximum absolute atomic E-state index is 12.7. The highest BCUT2D eigenvalue weighted by molar-refractivity contribution is 6.30. The highest BCUT2D eigenvalue weighted by Gasteiger charge is 2.39. The first-order valence-electron chi connectivity index (χ1n) is 4.82. The Balaban J connectivity index is 2.61. The van der Waals surface area contributed by atoms with Gasteiger partial charge in [0, 0.05) is 11.8 Å². The van der Waals surface area contributed by atoms with Gasteiger partial charge in [-0.15, -0.1) is 0 Å². The zero-order valence-corrected chi connectivity index (χ0v) is 9.57. The zero-order valence-electron chi connectivity index (χ0n) is 8.82. The molecule has 8 heteroatoms. The minimum atomic E-state index is -4.68. The van der Waals surface area contributed by atoms with E-state index in [1.807, 2.05) is 0 Å². The molecule has 2 heterocycles. The van der Waals surface area contributed by atoms with E-state index in [1.54, 1.807) is 12.1 Å². The van der Waals surface area contributed by atoms with Crippen molar-refractivity contribution in [1.82, 2.24) is 14.8 Å². The first-order chi connectivity index (χ1) is 8.45. The lowest BCUT2D eigenvalue weighted by molar-refractivity contribution is -0.142. The van der Waals surface area contributed by atoms with Gasteiger partial charge in [-0.05, 0) is 12.1 Å². The Bertz CT molecular complexity index is 553. The quantitative estimate of drug-likeness (QED) is 0.917. The van der Waals surface area contributed by atoms with Crippen LogP contribution in [0.5, 0.6) is 0 Å². The van der Waals surface area contributed by atoms with Crippen LogP contribution in [0.15, 0.2) is 24.4 Å². The molecule has 2 rings (SSSR count). The average molecular weight is 278 g/mol. The molecule has 0 saturated carbocycles. The molecule has 0 amide bonds. The number of pyridine rings is 1. The molecular formula is C10H7ClF3N3O. The molecule has 4 nitrogen and oxygen atoms in total. The molecule has 0 spiro atoms. The largest absolute Gasteiger partial charge is 0.435 e. The molecule has 2 aromatic rings. The minimum absolute atomic E-state index is 0.146. The van der Waals surface area contributed by atoms with Crippen molar-refractivity contribution < 1.29 is 18.3 Å². The normalized spacial score (nSPS) is 11.8. The molecule has 2 aromatic heterocycles. The lowest BCUT2D eigenvalue weighted by Crippen LogP contribution is -2.10. The van der Waals surface area contributed by atoms with Gasteiger partial charge in [0.1, 0.15) is 5.15 Å². The van der Waals surface area contributed by atoms with Gasteiger partial charge < -0.3 is 5.11 Å². The van der Waals surface area contributed by atoms with Crippen LogP contribution in [0.25, 0.3) is 5.82 Å². The van der Waals surface area contributed by atoms with Crippen LogP contribution in [0, 0.1) is 0 Å². The number of nitrogens with zero attached hydrogens (tertiary/aromatic N) is 3. The van der Waals surface area contributed by atoms with Crippen LogP contribution in [0.1, 0.15) is 11.3 Å². The number of aromatic nitrogens is 3. The van der Waals surface area contributed by atoms with E-state index < -0.39 is 24.0 Å². The summed E-state index contributed by atoms with van der Waals surface area (Å²) < 4.78 is 38.9. The summed E-state index contributed by atoms with van der Waals surface area (Å²) in [6.07, 6.45) is -3.28. The Kier molecular flexibility index (Phi) is 3.27. The average Bonchev–Trinajstić information content (AvgIpc) is 2.67. The summed E-state index contributed by atoms with van der Waals surface area (Å²) in [6.45, 7) is -0.847. The summed E-state index contributed by atoms with van der Waals surface area (Å²) in [6, 6.07) is 4.66. The summed E-state index contributed by atoms with van der Waals surface area (Å²) in [5.74, 6) is 0.146. The number of aliphatic hydroxyl groups excluding tert-OH is 1. The van der Waals surface area contributed by atoms with Crippen molar-refractivity contribution in [2.24, 2.45) is 0 Å². The third-order valence-electron chi connectivity index (χ3n) is 2.21. The van der Waals surface area contributed by atoms with Crippen molar-refractivity contribution in [3.8, 4) is 5.82 Å². The molecule has 0 fully saturated rings. The van der Waals surface area contributed by atoms with E-state index in [1.165, 1.54) is 12.3 Å². The molecule has 0 aliphatic rings. The second-order valence-corrected chi connectivity index (χ2v) is 3.73. The Morgan fingerprint density at radius 1 is 1.33 bits per heavy atom. The van der Waals surface area contributed by atoms with Crippen LogP contribution in [-0.4, -0.2) is 19.9 Å². The highest BCUT2D eigenvalue weighted by Crippen LogP contribution is 2.35. The third kappa shape index (κ3) is 2.19. The minimum Gasteiger partial charge on any atom is -0.391 e. The maximum atomic E-state index is 12.7. The van der Waals surface area contributed by atoms with Crippen molar-refractivity contribution in [3.63, 3.8) is 0 Å². The Morgan fingerprint density at radius 2 is 2.06 bits per heavy atom. The van der Waals surface area contributed by atoms with Gasteiger partial charge in [-0.1, -0.05) is 17.7 Å². The summed E-state index contributed by atoms with van der Waals surface area (Å²) in [5, 5.41) is 12.0. The number of aliphatic hydroxyl groups is 1. The Hall–Kier alpha value is -1.60. The number of alkyl halides is 3. The van der Waals surface area contributed by atoms with E-state index in [4.69, 9.17) is 16.7 Å². The topological polar surface area (TPSA) is 50.9 Å². The Labute approximate surface area is 105 Å². The van der Waals surface area contributed by atoms with E-state index in [0.717, 1.165) is 4.68 Å². The van der Waals surface area contributed by atoms with Crippen molar-refractivity contribution in [2.45, 2.75) is 12.8 Å². The lowest BCUT2D eigenvalue weighted by Gasteiger charge is -2.03. The molecule has 0 aliphatic heterocycles. The molecular weight excluding hydrogens is 271 g/mol. The van der Waals surface area contributed by atoms with Gasteiger partial charge in [0.05, 0.1) is 6.61 Å². The van der Waals surface area contributed by atoms with Crippen molar-refractivity contribution in [1.29, 1.82) is 0 Å². The van der Waals surface area contributed by atoms with Gasteiger partial charge >= 0.3 is 6.18 Å². The molecule has 0 aromatic carbocycles. The molecule has 0 saturated heterocycles. The van der Waals surface area contributed by atoms with Crippen molar-refractivity contribution >= 4 is 11.6 Å². The van der Waals surface area contributed by atoms with E-state index >= 15 is 0 Å². The number of halogens is 4. The molecule has 18 heavy (non-hydrogen) atoms. The number of hydrogen-bond acceptors (Lipinski definition) is 3. The standard InChI is InChI=1S/C10H7ClF3N3O/c11-9-6(5-18)8(10(12,13)14)16-17(9)7-3-1-2-4-15-7/h1-4,18H,5H2. The molecule has 0 radical (unpaired) electrons. The third-order valence-corrected chi connectivity index (χ3v) is 2.60. The van der Waals surface area contributed by atoms with Gasteiger partial charge in [0.25, 0.3) is 0 Å². The van der Waals surface area contributed by atoms with Crippen LogP contribution in [0.3, 0.4) is 0 Å². The van der Waals surface area contributed by atoms with Crippen LogP contribution in [0.4, 0.5) is 13.2 Å². The maximum Gasteiger partial charge on any atom is 0.435 e. The van der Waals surface area contributed by atoms with Crippen molar-refractivity contribution in [3.05, 3.63) is 40.8 Å². The fourth-order valence-electron chi connectivity index (χ4n) is 1.43. The summed E-state index contributed by atoms with van der Waals surface area (Å²) in [4.78, 5) is 3.85. The highest BCUT2D eigenvalue weighted by atomic mass is 35.5. The van der Waals surface area contributed by atoms with Gasteiger partial charge in [0.15, 0.2) is 11.5 Å². The summed E-state index contributed by atoms with van der Waals surface area (Å²) in [7, 11) is 0. The molecule has 1 N–H and O–H groups in total. The van der Waals surface area contributed by atoms with Gasteiger partial charge in [0.2, 0.25) is 0 Å². The molecule has 96 valence electrons. The summed E-state index contributed by atoms with van der Waals surface area (Å²) in [5.41, 5.74) is -1.67. The van der Waals surface area contributed by atoms with E-state index in [0.29, 0.717) is 0 Å². The fraction of sp³-hybridized carbons (Fsp3) is 0.200. The predicted octanol–water partition coefficient (Wildman–Crippen LogP) is 2.43. The second-order valence-electron chi connectivity index (χ2n) is 3.37. The van der Waals surface area contributed by atoms with Gasteiger partial charge in [-0.3, -0.25) is 0 Å². The fourth-order valence-corrected chi connectivity index (χ4v) is 1.70. The number of rotatable bonds is 2. The van der Waals surface area contributed by atoms with Gasteiger partial charge in [-0.25, -0.2) is 9.67 Å². The first kappa shape index (κ1) is 12.8. The van der Waals surface area contributed by atoms with Crippen LogP contribution in [0.2, 0.25) is 5.15 Å². The molecule has 0 bridgehead atoms. The zero-order chi connectivity index (χ0) is 13.3.